The average molecular weight is 261 g/mol. The van der Waals surface area contributed by atoms with Gasteiger partial charge in [0.25, 0.3) is 0 Å². The Bertz CT molecular complexity index is 541. The number of fused-ring (bicyclic) bond motifs is 1. The fraction of sp³-hybridized carbons (Fsp3) is 0.167. The number of aromatic nitrogens is 1. The van der Waals surface area contributed by atoms with Gasteiger partial charge in [0, 0.05) is 5.39 Å². The number of hydrogen-bond acceptors (Lipinski definition) is 2. The van der Waals surface area contributed by atoms with Crippen LogP contribution in [0.5, 0.6) is 0 Å². The molecule has 1 aromatic carbocycles. The Balaban J connectivity index is 2.76. The van der Waals surface area contributed by atoms with Crippen LogP contribution >= 0.6 is 15.9 Å². The monoisotopic (exact) mass is 260 g/mol. The van der Waals surface area contributed by atoms with E-state index in [0.717, 1.165) is 16.6 Å². The maximum absolute atomic E-state index is 9.02. The van der Waals surface area contributed by atoms with Crippen LogP contribution in [0, 0.1) is 11.3 Å². The third kappa shape index (κ3) is 1.86. The van der Waals surface area contributed by atoms with Crippen LogP contribution in [0.1, 0.15) is 23.0 Å². The first-order valence-electron chi connectivity index (χ1n) is 4.66. The molecule has 0 aliphatic rings. The van der Waals surface area contributed by atoms with Crippen LogP contribution in [0.25, 0.3) is 10.9 Å². The van der Waals surface area contributed by atoms with Crippen molar-refractivity contribution in [3.8, 4) is 6.07 Å². The molecule has 0 aliphatic carbocycles. The fourth-order valence-corrected chi connectivity index (χ4v) is 1.87. The number of pyridine rings is 1. The number of nitriles is 1. The predicted octanol–water partition coefficient (Wildman–Crippen LogP) is 3.56. The van der Waals surface area contributed by atoms with E-state index in [1.807, 2.05) is 37.3 Å². The Morgan fingerprint density at radius 2 is 2.13 bits per heavy atom. The first-order chi connectivity index (χ1) is 7.22. The van der Waals surface area contributed by atoms with Crippen molar-refractivity contribution in [3.05, 3.63) is 41.6 Å². The summed E-state index contributed by atoms with van der Waals surface area (Å²) in [6.07, 6.45) is 0. The van der Waals surface area contributed by atoms with Gasteiger partial charge in [-0.1, -0.05) is 34.1 Å². The van der Waals surface area contributed by atoms with Crippen LogP contribution in [-0.2, 0) is 0 Å². The number of para-hydroxylation sites is 1. The van der Waals surface area contributed by atoms with E-state index in [-0.39, 0.29) is 4.83 Å². The molecule has 1 atom stereocenters. The van der Waals surface area contributed by atoms with Crippen molar-refractivity contribution < 1.29 is 0 Å². The van der Waals surface area contributed by atoms with Crippen LogP contribution in [0.4, 0.5) is 0 Å². The number of alkyl halides is 1. The molecule has 0 fully saturated rings. The van der Waals surface area contributed by atoms with Gasteiger partial charge in [-0.25, -0.2) is 0 Å². The summed E-state index contributed by atoms with van der Waals surface area (Å²) in [6.45, 7) is 1.97. The Kier molecular flexibility index (Phi) is 2.70. The van der Waals surface area contributed by atoms with E-state index in [1.54, 1.807) is 0 Å². The highest BCUT2D eigenvalue weighted by Gasteiger charge is 2.10. The smallest absolute Gasteiger partial charge is 0.101 e. The average Bonchev–Trinajstić information content (AvgIpc) is 2.27. The highest BCUT2D eigenvalue weighted by atomic mass is 79.9. The van der Waals surface area contributed by atoms with E-state index in [9.17, 15) is 0 Å². The zero-order valence-electron chi connectivity index (χ0n) is 8.24. The molecule has 15 heavy (non-hydrogen) atoms. The Morgan fingerprint density at radius 3 is 2.80 bits per heavy atom. The quantitative estimate of drug-likeness (QED) is 0.736. The lowest BCUT2D eigenvalue weighted by atomic mass is 10.1. The summed E-state index contributed by atoms with van der Waals surface area (Å²) in [4.78, 5) is 4.57. The van der Waals surface area contributed by atoms with Gasteiger partial charge in [-0.3, -0.25) is 4.98 Å². The van der Waals surface area contributed by atoms with Crippen LogP contribution in [0.15, 0.2) is 30.3 Å². The van der Waals surface area contributed by atoms with Gasteiger partial charge >= 0.3 is 0 Å². The molecule has 0 aliphatic heterocycles. The zero-order chi connectivity index (χ0) is 10.8. The first-order valence-corrected chi connectivity index (χ1v) is 5.58. The molecular formula is C12H9BrN2. The van der Waals surface area contributed by atoms with Gasteiger partial charge in [-0.05, 0) is 19.1 Å². The van der Waals surface area contributed by atoms with Crippen molar-refractivity contribution >= 4 is 26.8 Å². The normalized spacial score (nSPS) is 12.3. The Morgan fingerprint density at radius 1 is 1.40 bits per heavy atom. The van der Waals surface area contributed by atoms with Gasteiger partial charge in [-0.2, -0.15) is 5.26 Å². The molecule has 0 N–H and O–H groups in total. The maximum Gasteiger partial charge on any atom is 0.101 e. The summed E-state index contributed by atoms with van der Waals surface area (Å²) < 4.78 is 0. The van der Waals surface area contributed by atoms with Crippen molar-refractivity contribution in [2.45, 2.75) is 11.8 Å². The molecule has 2 aromatic rings. The minimum absolute atomic E-state index is 0.0942. The summed E-state index contributed by atoms with van der Waals surface area (Å²) in [7, 11) is 0. The van der Waals surface area contributed by atoms with Crippen LogP contribution in [-0.4, -0.2) is 4.98 Å². The summed E-state index contributed by atoms with van der Waals surface area (Å²) in [5.41, 5.74) is 2.37. The molecule has 0 radical (unpaired) electrons. The molecule has 1 heterocycles. The molecule has 2 rings (SSSR count). The SMILES string of the molecule is C[C@@H](Br)c1nc2ccccc2cc1C#N. The van der Waals surface area contributed by atoms with Crippen molar-refractivity contribution in [2.24, 2.45) is 0 Å². The van der Waals surface area contributed by atoms with Gasteiger partial charge in [0.05, 0.1) is 21.6 Å². The number of rotatable bonds is 1. The number of benzene rings is 1. The second-order valence-electron chi connectivity index (χ2n) is 3.34. The molecule has 0 amide bonds. The van der Waals surface area contributed by atoms with Gasteiger partial charge < -0.3 is 0 Å². The van der Waals surface area contributed by atoms with Gasteiger partial charge in [0.1, 0.15) is 6.07 Å². The van der Waals surface area contributed by atoms with Crippen molar-refractivity contribution in [2.75, 3.05) is 0 Å². The lowest BCUT2D eigenvalue weighted by molar-refractivity contribution is 1.03. The summed E-state index contributed by atoms with van der Waals surface area (Å²) in [6, 6.07) is 11.9. The molecule has 1 aromatic heterocycles. The number of hydrogen-bond donors (Lipinski definition) is 0. The largest absolute Gasteiger partial charge is 0.250 e. The highest BCUT2D eigenvalue weighted by molar-refractivity contribution is 9.09. The Labute approximate surface area is 96.7 Å². The number of nitrogens with zero attached hydrogens (tertiary/aromatic N) is 2. The van der Waals surface area contributed by atoms with E-state index in [0.29, 0.717) is 5.56 Å². The van der Waals surface area contributed by atoms with Gasteiger partial charge in [0.15, 0.2) is 0 Å². The fourth-order valence-electron chi connectivity index (χ4n) is 1.52. The van der Waals surface area contributed by atoms with E-state index in [4.69, 9.17) is 5.26 Å². The summed E-state index contributed by atoms with van der Waals surface area (Å²) in [5.74, 6) is 0. The minimum Gasteiger partial charge on any atom is -0.250 e. The molecule has 0 saturated carbocycles. The third-order valence-electron chi connectivity index (χ3n) is 2.25. The van der Waals surface area contributed by atoms with E-state index in [1.165, 1.54) is 0 Å². The van der Waals surface area contributed by atoms with Crippen molar-refractivity contribution in [1.29, 1.82) is 5.26 Å². The van der Waals surface area contributed by atoms with Crippen molar-refractivity contribution in [3.63, 3.8) is 0 Å². The third-order valence-corrected chi connectivity index (χ3v) is 2.68. The second kappa shape index (κ2) is 4.00. The maximum atomic E-state index is 9.02. The van der Waals surface area contributed by atoms with Crippen molar-refractivity contribution in [1.82, 2.24) is 4.98 Å². The topological polar surface area (TPSA) is 36.7 Å². The van der Waals surface area contributed by atoms with E-state index in [2.05, 4.69) is 27.0 Å². The van der Waals surface area contributed by atoms with Crippen LogP contribution in [0.3, 0.4) is 0 Å². The zero-order valence-corrected chi connectivity index (χ0v) is 9.82. The van der Waals surface area contributed by atoms with Gasteiger partial charge in [0.2, 0.25) is 0 Å². The Hall–Kier alpha value is -1.40. The highest BCUT2D eigenvalue weighted by Crippen LogP contribution is 2.25. The first kappa shape index (κ1) is 10.1. The standard InChI is InChI=1S/C12H9BrN2/c1-8(13)12-10(7-14)6-9-4-2-3-5-11(9)15-12/h2-6,8H,1H3/t8-/m1/s1. The molecule has 0 saturated heterocycles. The lowest BCUT2D eigenvalue weighted by Crippen LogP contribution is -1.95. The van der Waals surface area contributed by atoms with E-state index >= 15 is 0 Å². The molecule has 74 valence electrons. The summed E-state index contributed by atoms with van der Waals surface area (Å²) in [5, 5.41) is 10.0. The second-order valence-corrected chi connectivity index (χ2v) is 4.72. The predicted molar refractivity (Wildman–Crippen MR) is 63.8 cm³/mol. The molecule has 0 unspecified atom stereocenters. The summed E-state index contributed by atoms with van der Waals surface area (Å²) >= 11 is 3.45. The lowest BCUT2D eigenvalue weighted by Gasteiger charge is -2.06. The molecule has 0 spiro atoms. The number of halogens is 1. The minimum atomic E-state index is 0.0942. The molecule has 0 bridgehead atoms. The van der Waals surface area contributed by atoms with E-state index < -0.39 is 0 Å². The molecule has 2 nitrogen and oxygen atoms in total. The molecule has 3 heteroatoms. The van der Waals surface area contributed by atoms with Crippen LogP contribution < -0.4 is 0 Å². The van der Waals surface area contributed by atoms with Crippen LogP contribution in [0.2, 0.25) is 0 Å². The molecular weight excluding hydrogens is 252 g/mol. The van der Waals surface area contributed by atoms with Gasteiger partial charge in [-0.15, -0.1) is 0 Å².